The van der Waals surface area contributed by atoms with E-state index in [1.165, 1.54) is 0 Å². The van der Waals surface area contributed by atoms with Gasteiger partial charge in [0.15, 0.2) is 0 Å². The van der Waals surface area contributed by atoms with Crippen LogP contribution in [0.5, 0.6) is 0 Å². The Labute approximate surface area is 151 Å². The van der Waals surface area contributed by atoms with E-state index < -0.39 is 12.3 Å². The Kier molecular flexibility index (Phi) is 4.33. The summed E-state index contributed by atoms with van der Waals surface area (Å²) < 4.78 is 35.3. The van der Waals surface area contributed by atoms with E-state index in [0.29, 0.717) is 29.3 Å². The van der Waals surface area contributed by atoms with Gasteiger partial charge >= 0.3 is 6.43 Å². The molecule has 4 rings (SSSR count). The van der Waals surface area contributed by atoms with Gasteiger partial charge in [0.2, 0.25) is 5.89 Å². The van der Waals surface area contributed by atoms with Crippen LogP contribution in [0.2, 0.25) is 0 Å². The van der Waals surface area contributed by atoms with E-state index >= 15 is 0 Å². The van der Waals surface area contributed by atoms with Gasteiger partial charge in [-0.15, -0.1) is 10.2 Å². The maximum absolute atomic E-state index is 12.5. The van der Waals surface area contributed by atoms with Crippen molar-refractivity contribution in [1.29, 1.82) is 0 Å². The van der Waals surface area contributed by atoms with Gasteiger partial charge in [0.25, 0.3) is 5.89 Å². The van der Waals surface area contributed by atoms with Gasteiger partial charge in [0.05, 0.1) is 0 Å². The largest absolute Gasteiger partial charge is 0.415 e. The van der Waals surface area contributed by atoms with Crippen LogP contribution in [0.1, 0.15) is 23.6 Å². The van der Waals surface area contributed by atoms with Crippen molar-refractivity contribution < 1.29 is 17.7 Å². The molecule has 0 aliphatic heterocycles. The first-order valence-electron chi connectivity index (χ1n) is 7.97. The van der Waals surface area contributed by atoms with Gasteiger partial charge < -0.3 is 14.7 Å². The third-order valence-electron chi connectivity index (χ3n) is 3.85. The van der Waals surface area contributed by atoms with Crippen molar-refractivity contribution in [3.05, 3.63) is 65.9 Å². The Hall–Kier alpha value is -3.62. The van der Waals surface area contributed by atoms with E-state index in [1.807, 2.05) is 24.3 Å². The van der Waals surface area contributed by atoms with Crippen molar-refractivity contribution in [3.8, 4) is 22.7 Å². The van der Waals surface area contributed by atoms with Crippen LogP contribution in [0, 0.1) is 0 Å². The molecule has 0 unspecified atom stereocenters. The number of benzene rings is 1. The first-order chi connectivity index (χ1) is 13.1. The molecule has 7 nitrogen and oxygen atoms in total. The van der Waals surface area contributed by atoms with Gasteiger partial charge in [-0.05, 0) is 29.8 Å². The number of pyridine rings is 1. The fourth-order valence-corrected chi connectivity index (χ4v) is 2.49. The number of nitrogens with two attached hydrogens (primary N) is 1. The molecule has 136 valence electrons. The van der Waals surface area contributed by atoms with Crippen molar-refractivity contribution >= 4 is 5.82 Å². The zero-order chi connectivity index (χ0) is 18.8. The number of aromatic nitrogens is 4. The second kappa shape index (κ2) is 6.94. The van der Waals surface area contributed by atoms with E-state index in [0.717, 1.165) is 11.1 Å². The van der Waals surface area contributed by atoms with Gasteiger partial charge in [-0.2, -0.15) is 8.78 Å². The number of nitrogens with zero attached hydrogens (tertiary/aromatic N) is 4. The first-order valence-corrected chi connectivity index (χ1v) is 7.97. The number of halogens is 2. The molecule has 0 fully saturated rings. The summed E-state index contributed by atoms with van der Waals surface area (Å²) in [4.78, 5) is 4.03. The lowest BCUT2D eigenvalue weighted by atomic mass is 10.1. The van der Waals surface area contributed by atoms with Crippen molar-refractivity contribution in [2.24, 2.45) is 0 Å². The quantitative estimate of drug-likeness (QED) is 0.569. The molecule has 0 amide bonds. The Morgan fingerprint density at radius 2 is 1.78 bits per heavy atom. The number of alkyl halides is 2. The number of anilines is 1. The molecule has 4 aromatic rings. The first kappa shape index (κ1) is 16.8. The van der Waals surface area contributed by atoms with Crippen LogP contribution in [0.3, 0.4) is 0 Å². The standard InChI is InChI=1S/C18H13F2N5O2/c19-16(20)18-24-23-17(26-18)11-3-1-10(2-4-11)7-13-8-14(25-27-13)12-5-6-15(21)22-9-12/h1-6,8-9,16H,7H2,(H2,21,22). The fraction of sp³-hybridized carbons (Fsp3) is 0.111. The van der Waals surface area contributed by atoms with E-state index in [2.05, 4.69) is 20.3 Å². The van der Waals surface area contributed by atoms with Gasteiger partial charge in [-0.25, -0.2) is 4.98 Å². The molecule has 0 aliphatic rings. The lowest BCUT2D eigenvalue weighted by Crippen LogP contribution is -1.88. The molecule has 0 saturated carbocycles. The SMILES string of the molecule is Nc1ccc(-c2cc(Cc3ccc(-c4nnc(C(F)F)o4)cc3)on2)cn1. The Morgan fingerprint density at radius 1 is 1.00 bits per heavy atom. The molecule has 2 N–H and O–H groups in total. The minimum Gasteiger partial charge on any atom is -0.415 e. The number of nitrogen functional groups attached to an aromatic ring is 1. The minimum atomic E-state index is -2.79. The van der Waals surface area contributed by atoms with Crippen LogP contribution in [-0.4, -0.2) is 20.3 Å². The highest BCUT2D eigenvalue weighted by Crippen LogP contribution is 2.25. The van der Waals surface area contributed by atoms with E-state index in [9.17, 15) is 8.78 Å². The second-order valence-corrected chi connectivity index (χ2v) is 5.77. The highest BCUT2D eigenvalue weighted by molar-refractivity contribution is 5.59. The van der Waals surface area contributed by atoms with E-state index in [-0.39, 0.29) is 5.89 Å². The van der Waals surface area contributed by atoms with Crippen molar-refractivity contribution in [1.82, 2.24) is 20.3 Å². The maximum atomic E-state index is 12.5. The van der Waals surface area contributed by atoms with Crippen LogP contribution in [0.25, 0.3) is 22.7 Å². The molecule has 0 bridgehead atoms. The van der Waals surface area contributed by atoms with Crippen molar-refractivity contribution in [2.45, 2.75) is 12.8 Å². The number of hydrogen-bond acceptors (Lipinski definition) is 7. The fourth-order valence-electron chi connectivity index (χ4n) is 2.49. The third-order valence-corrected chi connectivity index (χ3v) is 3.85. The van der Waals surface area contributed by atoms with Crippen molar-refractivity contribution in [2.75, 3.05) is 5.73 Å². The van der Waals surface area contributed by atoms with Crippen LogP contribution in [0.15, 0.2) is 57.6 Å². The summed E-state index contributed by atoms with van der Waals surface area (Å²) in [5.74, 6) is 0.465. The summed E-state index contributed by atoms with van der Waals surface area (Å²) >= 11 is 0. The monoisotopic (exact) mass is 369 g/mol. The lowest BCUT2D eigenvalue weighted by molar-refractivity contribution is 0.116. The Balaban J connectivity index is 1.48. The topological polar surface area (TPSA) is 104 Å². The Bertz CT molecular complexity index is 1040. The van der Waals surface area contributed by atoms with Gasteiger partial charge in [0, 0.05) is 29.8 Å². The zero-order valence-electron chi connectivity index (χ0n) is 13.8. The van der Waals surface area contributed by atoms with Crippen LogP contribution in [0.4, 0.5) is 14.6 Å². The van der Waals surface area contributed by atoms with Gasteiger partial charge in [-0.1, -0.05) is 17.3 Å². The highest BCUT2D eigenvalue weighted by atomic mass is 19.3. The van der Waals surface area contributed by atoms with E-state index in [4.69, 9.17) is 14.7 Å². The van der Waals surface area contributed by atoms with Crippen LogP contribution in [-0.2, 0) is 6.42 Å². The molecule has 0 saturated heterocycles. The summed E-state index contributed by atoms with van der Waals surface area (Å²) in [6.45, 7) is 0. The molecule has 0 spiro atoms. The third kappa shape index (κ3) is 3.66. The number of rotatable bonds is 5. The molecule has 27 heavy (non-hydrogen) atoms. The molecule has 9 heteroatoms. The molecule has 3 aromatic heterocycles. The average Bonchev–Trinajstić information content (AvgIpc) is 3.33. The molecular weight excluding hydrogens is 356 g/mol. The minimum absolute atomic E-state index is 0.0506. The molecule has 3 heterocycles. The molecule has 0 aliphatic carbocycles. The molecule has 0 radical (unpaired) electrons. The smallest absolute Gasteiger partial charge is 0.314 e. The lowest BCUT2D eigenvalue weighted by Gasteiger charge is -1.99. The Morgan fingerprint density at radius 3 is 2.44 bits per heavy atom. The van der Waals surface area contributed by atoms with Crippen LogP contribution >= 0.6 is 0 Å². The molecular formula is C18H13F2N5O2. The summed E-state index contributed by atoms with van der Waals surface area (Å²) in [7, 11) is 0. The van der Waals surface area contributed by atoms with Crippen molar-refractivity contribution in [3.63, 3.8) is 0 Å². The molecule has 1 aromatic carbocycles. The van der Waals surface area contributed by atoms with Gasteiger partial charge in [0.1, 0.15) is 17.3 Å². The summed E-state index contributed by atoms with van der Waals surface area (Å²) in [5.41, 5.74) is 8.56. The second-order valence-electron chi connectivity index (χ2n) is 5.77. The summed E-state index contributed by atoms with van der Waals surface area (Å²) in [6, 6.07) is 12.4. The van der Waals surface area contributed by atoms with E-state index in [1.54, 1.807) is 24.4 Å². The summed E-state index contributed by atoms with van der Waals surface area (Å²) in [5, 5.41) is 11.0. The van der Waals surface area contributed by atoms with Crippen LogP contribution < -0.4 is 5.73 Å². The zero-order valence-corrected chi connectivity index (χ0v) is 13.8. The van der Waals surface area contributed by atoms with Gasteiger partial charge in [-0.3, -0.25) is 0 Å². The predicted molar refractivity (Wildman–Crippen MR) is 91.6 cm³/mol. The highest BCUT2D eigenvalue weighted by Gasteiger charge is 2.17. The predicted octanol–water partition coefficient (Wildman–Crippen LogP) is 3.90. The summed E-state index contributed by atoms with van der Waals surface area (Å²) in [6.07, 6.45) is -0.645. The molecule has 0 atom stereocenters. The average molecular weight is 369 g/mol. The normalized spacial score (nSPS) is 11.2. The maximum Gasteiger partial charge on any atom is 0.314 e. The number of hydrogen-bond donors (Lipinski definition) is 1.